The van der Waals surface area contributed by atoms with E-state index in [4.69, 9.17) is 3.60 Å². The van der Waals surface area contributed by atoms with Gasteiger partial charge >= 0.3 is 116 Å². The monoisotopic (exact) mass is 564 g/mol. The molecule has 9 heteroatoms. The van der Waals surface area contributed by atoms with Crippen molar-refractivity contribution in [3.63, 3.8) is 0 Å². The van der Waals surface area contributed by atoms with E-state index < -0.39 is 17.9 Å². The summed E-state index contributed by atoms with van der Waals surface area (Å²) >= 11 is 18.1. The molecule has 0 amide bonds. The predicted molar refractivity (Wildman–Crippen MR) is 138 cm³/mol. The van der Waals surface area contributed by atoms with Crippen LogP contribution in [0.5, 0.6) is 0 Å². The van der Waals surface area contributed by atoms with Crippen LogP contribution in [0.25, 0.3) is 0 Å². The molecular formula is C21H30MoN4S4-4. The normalized spacial score (nSPS) is 10.2. The molecular weight excluding hydrogens is 532 g/mol. The minimum absolute atomic E-state index is 0.148. The maximum absolute atomic E-state index is 4.70. The zero-order valence-electron chi connectivity index (χ0n) is 18.3. The van der Waals surface area contributed by atoms with Gasteiger partial charge in [-0.15, -0.1) is 0 Å². The van der Waals surface area contributed by atoms with E-state index in [1.165, 1.54) is 9.46 Å². The Bertz CT molecular complexity index is 726. The second-order valence-electron chi connectivity index (χ2n) is 6.50. The van der Waals surface area contributed by atoms with E-state index in [1.54, 1.807) is 9.80 Å². The Morgan fingerprint density at radius 1 is 0.733 bits per heavy atom. The Labute approximate surface area is 212 Å². The number of rotatable bonds is 5. The van der Waals surface area contributed by atoms with Crippen molar-refractivity contribution in [2.75, 3.05) is 40.2 Å². The average molecular weight is 563 g/mol. The zero-order chi connectivity index (χ0) is 23.1. The van der Waals surface area contributed by atoms with Gasteiger partial charge in [-0.25, -0.2) is 9.41 Å². The van der Waals surface area contributed by atoms with Crippen LogP contribution in [-0.2, 0) is 68.4 Å². The van der Waals surface area contributed by atoms with E-state index in [0.717, 1.165) is 5.69 Å². The van der Waals surface area contributed by atoms with E-state index in [0.29, 0.717) is 0 Å². The van der Waals surface area contributed by atoms with Crippen molar-refractivity contribution in [2.45, 2.75) is 16.3 Å². The SMILES string of the molecule is CN(C)C([S-])[S-].CN(C)C([S-])[S-].C[C](=[Mo]=[N]N(C)c1ccccc1)c1ccccc1. The first-order chi connectivity index (χ1) is 14.1. The molecule has 0 atom stereocenters. The summed E-state index contributed by atoms with van der Waals surface area (Å²) in [6.07, 6.45) is 0. The molecule has 0 aliphatic rings. The van der Waals surface area contributed by atoms with Crippen LogP contribution < -0.4 is 5.01 Å². The maximum atomic E-state index is 4.70. The van der Waals surface area contributed by atoms with Gasteiger partial charge in [0, 0.05) is 0 Å². The van der Waals surface area contributed by atoms with Crippen LogP contribution in [-0.4, -0.2) is 58.3 Å². The Balaban J connectivity index is 0.000000580. The van der Waals surface area contributed by atoms with Crippen LogP contribution in [0.3, 0.4) is 0 Å². The molecule has 0 aromatic heterocycles. The molecule has 0 heterocycles. The number of benzene rings is 2. The van der Waals surface area contributed by atoms with Crippen molar-refractivity contribution in [1.82, 2.24) is 9.80 Å². The van der Waals surface area contributed by atoms with E-state index in [1.807, 2.05) is 64.5 Å². The third-order valence-electron chi connectivity index (χ3n) is 3.45. The quantitative estimate of drug-likeness (QED) is 0.313. The standard InChI is InChI=1S/C8H8.C7H8N2.2C3H9NS2.Mo/c1-2-8-6-4-3-5-7-8;1-9(8)7-5-3-2-4-6-7;2*1-4(2)3(5)6;/h3-7H,1H3;2-6H,1H3;2*3,5-6H,1-2H3;/p-4. The number of nitrogens with zero attached hydrogens (tertiary/aromatic N) is 4. The minimum atomic E-state index is -0.503. The summed E-state index contributed by atoms with van der Waals surface area (Å²) in [5.74, 6) is 0. The first-order valence-electron chi connectivity index (χ1n) is 9.08. The van der Waals surface area contributed by atoms with E-state index in [2.05, 4.69) is 93.8 Å². The molecule has 0 radical (unpaired) electrons. The molecule has 0 bridgehead atoms. The molecule has 0 unspecified atom stereocenters. The number of anilines is 1. The number of hydrogen-bond acceptors (Lipinski definition) is 8. The van der Waals surface area contributed by atoms with Gasteiger partial charge in [-0.05, 0) is 28.2 Å². The summed E-state index contributed by atoms with van der Waals surface area (Å²) < 4.78 is 5.81. The van der Waals surface area contributed by atoms with Gasteiger partial charge in [0.2, 0.25) is 0 Å². The molecule has 0 spiro atoms. The van der Waals surface area contributed by atoms with Crippen molar-refractivity contribution in [3.05, 3.63) is 66.2 Å². The van der Waals surface area contributed by atoms with Crippen molar-refractivity contribution >= 4 is 60.1 Å². The molecule has 0 aliphatic carbocycles. The summed E-state index contributed by atoms with van der Waals surface area (Å²) in [7, 11) is 9.48. The van der Waals surface area contributed by atoms with Gasteiger partial charge in [-0.1, -0.05) is 0 Å². The molecule has 2 rings (SSSR count). The van der Waals surface area contributed by atoms with E-state index >= 15 is 0 Å². The second kappa shape index (κ2) is 17.5. The Morgan fingerprint density at radius 3 is 1.47 bits per heavy atom. The van der Waals surface area contributed by atoms with Gasteiger partial charge in [-0.3, -0.25) is 0 Å². The zero-order valence-corrected chi connectivity index (χ0v) is 23.5. The molecule has 2 aromatic carbocycles. The van der Waals surface area contributed by atoms with Crippen LogP contribution in [0.2, 0.25) is 0 Å². The molecule has 0 saturated carbocycles. The van der Waals surface area contributed by atoms with Crippen LogP contribution in [0.15, 0.2) is 64.3 Å². The summed E-state index contributed by atoms with van der Waals surface area (Å²) in [4.78, 5) is 3.59. The van der Waals surface area contributed by atoms with E-state index in [9.17, 15) is 0 Å². The third-order valence-corrected chi connectivity index (χ3v) is 7.20. The summed E-state index contributed by atoms with van der Waals surface area (Å²) in [5, 5.41) is 1.98. The van der Waals surface area contributed by atoms with Crippen LogP contribution in [0.1, 0.15) is 12.5 Å². The molecule has 0 saturated heterocycles. The van der Waals surface area contributed by atoms with Gasteiger partial charge in [0.05, 0.1) is 0 Å². The van der Waals surface area contributed by atoms with Gasteiger partial charge in [0.1, 0.15) is 0 Å². The molecule has 2 aromatic rings. The summed E-state index contributed by atoms with van der Waals surface area (Å²) in [5.41, 5.74) is 2.45. The van der Waals surface area contributed by atoms with Gasteiger partial charge < -0.3 is 60.3 Å². The Morgan fingerprint density at radius 2 is 1.10 bits per heavy atom. The summed E-state index contributed by atoms with van der Waals surface area (Å²) in [6, 6.07) is 20.8. The fourth-order valence-corrected chi connectivity index (χ4v) is 2.97. The molecule has 0 N–H and O–H groups in total. The molecule has 0 aliphatic heterocycles. The van der Waals surface area contributed by atoms with Crippen molar-refractivity contribution in [3.8, 4) is 0 Å². The molecule has 30 heavy (non-hydrogen) atoms. The van der Waals surface area contributed by atoms with Crippen molar-refractivity contribution < 1.29 is 17.9 Å². The third kappa shape index (κ3) is 14.8. The predicted octanol–water partition coefficient (Wildman–Crippen LogP) is 3.40. The number of hydrogen-bond donors (Lipinski definition) is 0. The number of para-hydroxylation sites is 1. The van der Waals surface area contributed by atoms with Crippen molar-refractivity contribution in [1.29, 1.82) is 0 Å². The van der Waals surface area contributed by atoms with Crippen LogP contribution in [0, 0.1) is 0 Å². The fourth-order valence-electron chi connectivity index (χ4n) is 1.54. The van der Waals surface area contributed by atoms with Gasteiger partial charge in [0.15, 0.2) is 0 Å². The first kappa shape index (κ1) is 29.9. The molecule has 168 valence electrons. The fraction of sp³-hybridized carbons (Fsp3) is 0.381. The molecule has 0 fully saturated rings. The second-order valence-corrected chi connectivity index (χ2v) is 11.2. The van der Waals surface area contributed by atoms with E-state index in [-0.39, 0.29) is 9.41 Å². The Kier molecular flexibility index (Phi) is 17.4. The van der Waals surface area contributed by atoms with Crippen LogP contribution in [0.4, 0.5) is 5.69 Å². The average Bonchev–Trinajstić information content (AvgIpc) is 2.73. The van der Waals surface area contributed by atoms with Gasteiger partial charge in [-0.2, -0.15) is 0 Å². The van der Waals surface area contributed by atoms with Crippen molar-refractivity contribution in [2.24, 2.45) is 3.60 Å². The Hall–Kier alpha value is -0.0817. The summed E-state index contributed by atoms with van der Waals surface area (Å²) in [6.45, 7) is 2.18. The first-order valence-corrected chi connectivity index (χ1v) is 12.9. The topological polar surface area (TPSA) is 22.1 Å². The van der Waals surface area contributed by atoms with Gasteiger partial charge in [0.25, 0.3) is 0 Å². The van der Waals surface area contributed by atoms with Crippen LogP contribution >= 0.6 is 0 Å². The molecule has 4 nitrogen and oxygen atoms in total.